The summed E-state index contributed by atoms with van der Waals surface area (Å²) >= 11 is 6.72. The third kappa shape index (κ3) is 4.40. The summed E-state index contributed by atoms with van der Waals surface area (Å²) in [4.78, 5) is 38.1. The van der Waals surface area contributed by atoms with E-state index in [9.17, 15) is 27.6 Å². The maximum absolute atomic E-state index is 14.4. The number of hydrogen-bond acceptors (Lipinski definition) is 6. The molecule has 1 aromatic heterocycles. The minimum absolute atomic E-state index is 0.116. The maximum atomic E-state index is 14.4. The molecule has 1 aliphatic rings. The average molecular weight is 490 g/mol. The Kier molecular flexibility index (Phi) is 6.70. The van der Waals surface area contributed by atoms with Crippen LogP contribution in [0.25, 0.3) is 0 Å². The number of carbonyl (C=O) groups is 3. The molecule has 7 nitrogen and oxygen atoms in total. The normalized spacial score (nSPS) is 14.9. The highest BCUT2D eigenvalue weighted by atomic mass is 35.5. The average Bonchev–Trinajstić information content (AvgIpc) is 3.26. The Morgan fingerprint density at radius 3 is 2.56 bits per heavy atom. The number of hydrogen-bond donors (Lipinski definition) is 3. The van der Waals surface area contributed by atoms with Gasteiger partial charge in [0.05, 0.1) is 12.2 Å². The van der Waals surface area contributed by atoms with Crippen LogP contribution in [-0.2, 0) is 22.4 Å². The Hall–Kier alpha value is -2.79. The number of anilines is 1. The van der Waals surface area contributed by atoms with Crippen molar-refractivity contribution in [2.24, 2.45) is 5.73 Å². The van der Waals surface area contributed by atoms with Gasteiger partial charge in [-0.15, -0.1) is 11.3 Å². The van der Waals surface area contributed by atoms with Crippen molar-refractivity contribution < 1.29 is 32.3 Å². The Balaban J connectivity index is 2.11. The summed E-state index contributed by atoms with van der Waals surface area (Å²) in [6.07, 6.45) is -3.58. The minimum atomic E-state index is -5.35. The van der Waals surface area contributed by atoms with E-state index in [2.05, 4.69) is 10.1 Å². The van der Waals surface area contributed by atoms with E-state index in [0.717, 1.165) is 23.8 Å². The Morgan fingerprint density at radius 1 is 1.25 bits per heavy atom. The number of nitrogens with one attached hydrogen (secondary N) is 2. The van der Waals surface area contributed by atoms with Crippen LogP contribution in [0.15, 0.2) is 24.3 Å². The molecule has 0 unspecified atom stereocenters. The molecular weight excluding hydrogens is 471 g/mol. The number of esters is 1. The fourth-order valence-electron chi connectivity index (χ4n) is 3.43. The Morgan fingerprint density at radius 2 is 1.97 bits per heavy atom. The minimum Gasteiger partial charge on any atom is -0.463 e. The molecule has 0 radical (unpaired) electrons. The number of fused-ring (bicyclic) bond motifs is 1. The fraction of sp³-hybridized carbons (Fsp3) is 0.350. The second kappa shape index (κ2) is 8.99. The summed E-state index contributed by atoms with van der Waals surface area (Å²) in [6.45, 7) is 0.946. The van der Waals surface area contributed by atoms with Crippen molar-refractivity contribution in [2.75, 3.05) is 11.9 Å². The largest absolute Gasteiger partial charge is 0.463 e. The first-order valence-corrected chi connectivity index (χ1v) is 10.7. The molecule has 32 heavy (non-hydrogen) atoms. The molecule has 0 spiro atoms. The lowest BCUT2D eigenvalue weighted by Crippen LogP contribution is -2.69. The van der Waals surface area contributed by atoms with Crippen LogP contribution < -0.4 is 16.4 Å². The predicted molar refractivity (Wildman–Crippen MR) is 113 cm³/mol. The van der Waals surface area contributed by atoms with Crippen LogP contribution in [0.4, 0.5) is 18.2 Å². The van der Waals surface area contributed by atoms with Crippen molar-refractivity contribution in [1.29, 1.82) is 0 Å². The zero-order valence-electron chi connectivity index (χ0n) is 16.8. The van der Waals surface area contributed by atoms with Crippen LogP contribution in [0.1, 0.15) is 44.5 Å². The van der Waals surface area contributed by atoms with Gasteiger partial charge in [-0.1, -0.05) is 17.7 Å². The van der Waals surface area contributed by atoms with Gasteiger partial charge in [0.25, 0.3) is 11.8 Å². The molecule has 0 fully saturated rings. The molecule has 3 rings (SSSR count). The number of rotatable bonds is 7. The number of nitrogens with two attached hydrogens (primary N) is 1. The number of alkyl halides is 3. The van der Waals surface area contributed by atoms with Gasteiger partial charge in [0.1, 0.15) is 5.00 Å². The number of ether oxygens (including phenoxy) is 1. The van der Waals surface area contributed by atoms with E-state index < -0.39 is 29.6 Å². The van der Waals surface area contributed by atoms with Crippen LogP contribution in [0, 0.1) is 0 Å². The van der Waals surface area contributed by atoms with Gasteiger partial charge in [-0.2, -0.15) is 13.2 Å². The second-order valence-electron chi connectivity index (χ2n) is 6.98. The maximum Gasteiger partial charge on any atom is 0.441 e. The summed E-state index contributed by atoms with van der Waals surface area (Å²) in [5.74, 6) is -3.95. The molecule has 0 bridgehead atoms. The van der Waals surface area contributed by atoms with E-state index >= 15 is 0 Å². The van der Waals surface area contributed by atoms with E-state index in [1.165, 1.54) is 25.1 Å². The predicted octanol–water partition coefficient (Wildman–Crippen LogP) is 3.65. The van der Waals surface area contributed by atoms with Crippen molar-refractivity contribution in [1.82, 2.24) is 5.32 Å². The third-order valence-corrected chi connectivity index (χ3v) is 6.31. The van der Waals surface area contributed by atoms with Gasteiger partial charge in [0.15, 0.2) is 0 Å². The van der Waals surface area contributed by atoms with Crippen molar-refractivity contribution in [2.45, 2.75) is 38.0 Å². The molecule has 1 aromatic carbocycles. The third-order valence-electron chi connectivity index (χ3n) is 4.86. The molecule has 0 saturated carbocycles. The van der Waals surface area contributed by atoms with E-state index in [-0.39, 0.29) is 27.8 Å². The first kappa shape index (κ1) is 23.9. The standard InChI is InChI=1S/C20H19ClF3N3O4S/c1-2-31-18(30)19(20(22,23)24,26-16(29)10-5-3-6-11(21)9-10)27-17-14(15(25)28)12-7-4-8-13(12)32-17/h3,5-6,9,27H,2,4,7-8H2,1H3,(H2,25,28)(H,26,29)/t19-/m0/s1. The van der Waals surface area contributed by atoms with Gasteiger partial charge in [-0.25, -0.2) is 4.79 Å². The van der Waals surface area contributed by atoms with Gasteiger partial charge in [-0.05, 0) is 49.9 Å². The first-order valence-electron chi connectivity index (χ1n) is 9.54. The molecule has 2 aromatic rings. The highest BCUT2D eigenvalue weighted by molar-refractivity contribution is 7.16. The lowest BCUT2D eigenvalue weighted by atomic mass is 10.1. The van der Waals surface area contributed by atoms with E-state index in [1.54, 1.807) is 5.32 Å². The molecule has 1 heterocycles. The van der Waals surface area contributed by atoms with Crippen molar-refractivity contribution in [3.8, 4) is 0 Å². The molecule has 0 aliphatic heterocycles. The van der Waals surface area contributed by atoms with Gasteiger partial charge in [-0.3, -0.25) is 9.59 Å². The van der Waals surface area contributed by atoms with Crippen LogP contribution in [0.2, 0.25) is 5.02 Å². The number of aryl methyl sites for hydroxylation is 1. The number of thiophene rings is 1. The van der Waals surface area contributed by atoms with E-state index in [4.69, 9.17) is 17.3 Å². The quantitative estimate of drug-likeness (QED) is 0.406. The van der Waals surface area contributed by atoms with E-state index in [1.807, 2.05) is 0 Å². The van der Waals surface area contributed by atoms with E-state index in [0.29, 0.717) is 23.3 Å². The number of amides is 2. The summed E-state index contributed by atoms with van der Waals surface area (Å²) in [5.41, 5.74) is 1.97. The van der Waals surface area contributed by atoms with Gasteiger partial charge in [0.2, 0.25) is 0 Å². The lowest BCUT2D eigenvalue weighted by Gasteiger charge is -2.35. The van der Waals surface area contributed by atoms with Gasteiger partial charge < -0.3 is 21.1 Å². The highest BCUT2D eigenvalue weighted by Gasteiger charge is 2.64. The first-order chi connectivity index (χ1) is 15.0. The molecule has 1 aliphatic carbocycles. The molecular formula is C20H19ClF3N3O4S. The molecule has 0 saturated heterocycles. The highest BCUT2D eigenvalue weighted by Crippen LogP contribution is 2.42. The lowest BCUT2D eigenvalue weighted by molar-refractivity contribution is -0.204. The van der Waals surface area contributed by atoms with Crippen LogP contribution in [0.3, 0.4) is 0 Å². The zero-order chi connectivity index (χ0) is 23.7. The number of carbonyl (C=O) groups excluding carboxylic acids is 3. The van der Waals surface area contributed by atoms with Gasteiger partial charge >= 0.3 is 17.8 Å². The second-order valence-corrected chi connectivity index (χ2v) is 8.53. The monoisotopic (exact) mass is 489 g/mol. The van der Waals surface area contributed by atoms with Crippen molar-refractivity contribution in [3.63, 3.8) is 0 Å². The summed E-state index contributed by atoms with van der Waals surface area (Å²) in [5, 5.41) is 3.64. The topological polar surface area (TPSA) is 111 Å². The van der Waals surface area contributed by atoms with Crippen molar-refractivity contribution in [3.05, 3.63) is 50.9 Å². The van der Waals surface area contributed by atoms with Gasteiger partial charge in [0, 0.05) is 15.5 Å². The van der Waals surface area contributed by atoms with Crippen LogP contribution in [0.5, 0.6) is 0 Å². The Bertz CT molecular complexity index is 1070. The molecule has 1 atom stereocenters. The summed E-state index contributed by atoms with van der Waals surface area (Å²) in [6, 6.07) is 5.20. The zero-order valence-corrected chi connectivity index (χ0v) is 18.3. The molecule has 4 N–H and O–H groups in total. The van der Waals surface area contributed by atoms with Crippen LogP contribution in [-0.4, -0.2) is 36.2 Å². The number of halogens is 4. The number of primary amides is 1. The Labute approximate surface area is 190 Å². The molecule has 172 valence electrons. The fourth-order valence-corrected chi connectivity index (χ4v) is 4.97. The summed E-state index contributed by atoms with van der Waals surface area (Å²) in [7, 11) is 0. The molecule has 2 amide bonds. The smallest absolute Gasteiger partial charge is 0.441 e. The molecule has 12 heteroatoms. The summed E-state index contributed by atoms with van der Waals surface area (Å²) < 4.78 is 47.9. The van der Waals surface area contributed by atoms with Crippen LogP contribution >= 0.6 is 22.9 Å². The van der Waals surface area contributed by atoms with Crippen molar-refractivity contribution >= 4 is 45.7 Å². The number of benzene rings is 1. The SMILES string of the molecule is CCOC(=O)[C@](NC(=O)c1cccc(Cl)c1)(Nc1sc2c(c1C(N)=O)CCC2)C(F)(F)F.